The van der Waals surface area contributed by atoms with Gasteiger partial charge >= 0.3 is 0 Å². The van der Waals surface area contributed by atoms with E-state index in [1.165, 1.54) is 12.1 Å². The first-order chi connectivity index (χ1) is 9.04. The van der Waals surface area contributed by atoms with Crippen LogP contribution in [0.1, 0.15) is 0 Å². The lowest BCUT2D eigenvalue weighted by Gasteiger charge is -2.03. The number of primary sulfonamides is 1. The van der Waals surface area contributed by atoms with E-state index in [1.54, 1.807) is 18.3 Å². The van der Waals surface area contributed by atoms with E-state index in [1.807, 2.05) is 18.3 Å². The van der Waals surface area contributed by atoms with Crippen LogP contribution in [0.2, 0.25) is 0 Å². The van der Waals surface area contributed by atoms with Crippen molar-refractivity contribution in [2.75, 3.05) is 0 Å². The van der Waals surface area contributed by atoms with E-state index in [0.717, 1.165) is 22.2 Å². The van der Waals surface area contributed by atoms with Gasteiger partial charge in [-0.05, 0) is 29.8 Å². The van der Waals surface area contributed by atoms with E-state index >= 15 is 0 Å². The Morgan fingerprint density at radius 2 is 1.79 bits per heavy atom. The topological polar surface area (TPSA) is 88.8 Å². The van der Waals surface area contributed by atoms with Gasteiger partial charge in [-0.3, -0.25) is 0 Å². The number of pyridine rings is 1. The minimum absolute atomic E-state index is 0.104. The van der Waals surface area contributed by atoms with Gasteiger partial charge in [-0.25, -0.2) is 18.5 Å². The molecule has 0 spiro atoms. The van der Waals surface area contributed by atoms with Gasteiger partial charge in [0.15, 0.2) is 0 Å². The van der Waals surface area contributed by atoms with Crippen LogP contribution in [-0.2, 0) is 10.0 Å². The monoisotopic (exact) mass is 273 g/mol. The Labute approximate surface area is 110 Å². The molecule has 0 radical (unpaired) electrons. The molecule has 96 valence electrons. The summed E-state index contributed by atoms with van der Waals surface area (Å²) in [5.41, 5.74) is 2.64. The maximum Gasteiger partial charge on any atom is 0.238 e. The van der Waals surface area contributed by atoms with Crippen LogP contribution in [0.25, 0.3) is 22.2 Å². The zero-order valence-corrected chi connectivity index (χ0v) is 10.7. The molecule has 0 aliphatic carbocycles. The zero-order valence-electron chi connectivity index (χ0n) is 9.87. The second-order valence-electron chi connectivity index (χ2n) is 4.21. The second kappa shape index (κ2) is 4.18. The van der Waals surface area contributed by atoms with E-state index < -0.39 is 10.0 Å². The molecule has 0 saturated heterocycles. The molecule has 0 unspecified atom stereocenters. The molecule has 0 saturated carbocycles. The molecule has 0 atom stereocenters. The lowest BCUT2D eigenvalue weighted by Crippen LogP contribution is -2.11. The summed E-state index contributed by atoms with van der Waals surface area (Å²) in [6.45, 7) is 0. The number of nitrogens with zero attached hydrogens (tertiary/aromatic N) is 1. The van der Waals surface area contributed by atoms with Gasteiger partial charge in [0.05, 0.1) is 4.90 Å². The van der Waals surface area contributed by atoms with Crippen molar-refractivity contribution in [1.82, 2.24) is 9.97 Å². The number of fused-ring (bicyclic) bond motifs is 1. The molecular weight excluding hydrogens is 262 g/mol. The largest absolute Gasteiger partial charge is 0.346 e. The number of hydrogen-bond donors (Lipinski definition) is 2. The van der Waals surface area contributed by atoms with Crippen LogP contribution in [0, 0.1) is 0 Å². The molecule has 6 heteroatoms. The summed E-state index contributed by atoms with van der Waals surface area (Å²) >= 11 is 0. The molecular formula is C13H11N3O2S. The summed E-state index contributed by atoms with van der Waals surface area (Å²) in [6, 6.07) is 10.3. The Morgan fingerprint density at radius 1 is 1.05 bits per heavy atom. The summed E-state index contributed by atoms with van der Waals surface area (Å²) in [5, 5.41) is 6.07. The van der Waals surface area contributed by atoms with Gasteiger partial charge < -0.3 is 4.98 Å². The highest BCUT2D eigenvalue weighted by Gasteiger charge is 2.08. The van der Waals surface area contributed by atoms with E-state index in [0.29, 0.717) is 0 Å². The van der Waals surface area contributed by atoms with Crippen molar-refractivity contribution < 1.29 is 8.42 Å². The fraction of sp³-hybridized carbons (Fsp3) is 0. The van der Waals surface area contributed by atoms with Crippen molar-refractivity contribution in [1.29, 1.82) is 0 Å². The Hall–Kier alpha value is -2.18. The third kappa shape index (κ3) is 2.23. The maximum atomic E-state index is 11.2. The summed E-state index contributed by atoms with van der Waals surface area (Å²) in [4.78, 5) is 7.41. The van der Waals surface area contributed by atoms with Crippen LogP contribution in [0.3, 0.4) is 0 Å². The Balaban J connectivity index is 2.06. The van der Waals surface area contributed by atoms with Gasteiger partial charge in [-0.2, -0.15) is 0 Å². The molecule has 3 rings (SSSR count). The predicted octanol–water partition coefficient (Wildman–Crippen LogP) is 1.88. The Kier molecular flexibility index (Phi) is 2.62. The Bertz CT molecular complexity index is 836. The SMILES string of the molecule is NS(=O)(=O)c1ccc(-c2cnc3[nH]ccc3c2)cc1. The number of rotatable bonds is 2. The molecule has 3 N–H and O–H groups in total. The molecule has 2 aromatic heterocycles. The zero-order chi connectivity index (χ0) is 13.5. The first-order valence-corrected chi connectivity index (χ1v) is 7.15. The van der Waals surface area contributed by atoms with Crippen LogP contribution >= 0.6 is 0 Å². The van der Waals surface area contributed by atoms with Gasteiger partial charge in [-0.1, -0.05) is 12.1 Å². The van der Waals surface area contributed by atoms with Crippen molar-refractivity contribution in [3.63, 3.8) is 0 Å². The Morgan fingerprint density at radius 3 is 2.47 bits per heavy atom. The minimum Gasteiger partial charge on any atom is -0.346 e. The van der Waals surface area contributed by atoms with Crippen LogP contribution in [0.15, 0.2) is 53.7 Å². The van der Waals surface area contributed by atoms with E-state index in [-0.39, 0.29) is 4.90 Å². The van der Waals surface area contributed by atoms with Crippen LogP contribution in [0.4, 0.5) is 0 Å². The molecule has 3 aromatic rings. The van der Waals surface area contributed by atoms with Gasteiger partial charge in [0.1, 0.15) is 5.65 Å². The van der Waals surface area contributed by atoms with E-state index in [9.17, 15) is 8.42 Å². The molecule has 5 nitrogen and oxygen atoms in total. The highest BCUT2D eigenvalue weighted by molar-refractivity contribution is 7.89. The predicted molar refractivity (Wildman–Crippen MR) is 72.9 cm³/mol. The van der Waals surface area contributed by atoms with Crippen LogP contribution < -0.4 is 5.14 Å². The van der Waals surface area contributed by atoms with Crippen molar-refractivity contribution in [2.45, 2.75) is 4.90 Å². The fourth-order valence-electron chi connectivity index (χ4n) is 1.93. The van der Waals surface area contributed by atoms with Gasteiger partial charge in [0.25, 0.3) is 0 Å². The highest BCUT2D eigenvalue weighted by Crippen LogP contribution is 2.23. The summed E-state index contributed by atoms with van der Waals surface area (Å²) in [6.07, 6.45) is 3.57. The maximum absolute atomic E-state index is 11.2. The third-order valence-corrected chi connectivity index (χ3v) is 3.85. The lowest BCUT2D eigenvalue weighted by atomic mass is 10.1. The smallest absolute Gasteiger partial charge is 0.238 e. The molecule has 0 fully saturated rings. The molecule has 2 heterocycles. The third-order valence-electron chi connectivity index (χ3n) is 2.92. The average molecular weight is 273 g/mol. The minimum atomic E-state index is -3.65. The van der Waals surface area contributed by atoms with Gasteiger partial charge in [-0.15, -0.1) is 0 Å². The molecule has 0 aliphatic rings. The average Bonchev–Trinajstić information content (AvgIpc) is 2.85. The van der Waals surface area contributed by atoms with Gasteiger partial charge in [0.2, 0.25) is 10.0 Å². The summed E-state index contributed by atoms with van der Waals surface area (Å²) in [7, 11) is -3.65. The van der Waals surface area contributed by atoms with Crippen LogP contribution in [0.5, 0.6) is 0 Å². The van der Waals surface area contributed by atoms with Crippen molar-refractivity contribution in [2.24, 2.45) is 5.14 Å². The van der Waals surface area contributed by atoms with Gasteiger partial charge in [0, 0.05) is 23.3 Å². The normalized spacial score (nSPS) is 11.8. The molecule has 0 aliphatic heterocycles. The van der Waals surface area contributed by atoms with E-state index in [4.69, 9.17) is 5.14 Å². The number of sulfonamides is 1. The second-order valence-corrected chi connectivity index (χ2v) is 5.77. The molecule has 0 bridgehead atoms. The highest BCUT2D eigenvalue weighted by atomic mass is 32.2. The summed E-state index contributed by atoms with van der Waals surface area (Å²) in [5.74, 6) is 0. The lowest BCUT2D eigenvalue weighted by molar-refractivity contribution is 0.598. The standard InChI is InChI=1S/C13H11N3O2S/c14-19(17,18)12-3-1-9(2-4-12)11-7-10-5-6-15-13(10)16-8-11/h1-8H,(H,15,16)(H2,14,17,18). The fourth-order valence-corrected chi connectivity index (χ4v) is 2.45. The van der Waals surface area contributed by atoms with Crippen LogP contribution in [-0.4, -0.2) is 18.4 Å². The van der Waals surface area contributed by atoms with Crippen molar-refractivity contribution in [3.8, 4) is 11.1 Å². The van der Waals surface area contributed by atoms with E-state index in [2.05, 4.69) is 9.97 Å². The number of aromatic amines is 1. The first kappa shape index (κ1) is 11.9. The first-order valence-electron chi connectivity index (χ1n) is 5.60. The summed E-state index contributed by atoms with van der Waals surface area (Å²) < 4.78 is 22.4. The number of nitrogens with two attached hydrogens (primary N) is 1. The van der Waals surface area contributed by atoms with Crippen molar-refractivity contribution in [3.05, 3.63) is 48.8 Å². The number of hydrogen-bond acceptors (Lipinski definition) is 3. The molecule has 19 heavy (non-hydrogen) atoms. The number of nitrogens with one attached hydrogen (secondary N) is 1. The molecule has 0 amide bonds. The number of H-pyrrole nitrogens is 1. The number of aromatic nitrogens is 2. The molecule has 1 aromatic carbocycles. The van der Waals surface area contributed by atoms with Crippen molar-refractivity contribution >= 4 is 21.1 Å². The quantitative estimate of drug-likeness (QED) is 0.747. The number of benzene rings is 1.